The van der Waals surface area contributed by atoms with Crippen molar-refractivity contribution < 1.29 is 14.2 Å². The first-order valence-electron chi connectivity index (χ1n) is 10.8. The minimum atomic E-state index is -0.684. The number of ether oxygens (including phenoxy) is 3. The molecule has 3 aromatic heterocycles. The van der Waals surface area contributed by atoms with Gasteiger partial charge in [0.05, 0.1) is 35.7 Å². The van der Waals surface area contributed by atoms with Crippen LogP contribution in [0.25, 0.3) is 17.1 Å². The second-order valence-corrected chi connectivity index (χ2v) is 10.3. The molecule has 1 saturated heterocycles. The lowest BCUT2D eigenvalue weighted by molar-refractivity contribution is -0.131. The molecule has 4 rings (SSSR count). The summed E-state index contributed by atoms with van der Waals surface area (Å²) in [7, 11) is 1.57. The number of aromatic nitrogens is 3. The van der Waals surface area contributed by atoms with E-state index in [9.17, 15) is 0 Å². The Balaban J connectivity index is 1.65. The van der Waals surface area contributed by atoms with Crippen LogP contribution in [0.1, 0.15) is 5.69 Å². The Morgan fingerprint density at radius 1 is 1.33 bits per heavy atom. The number of hydrogen-bond acceptors (Lipinski definition) is 13. The highest BCUT2D eigenvalue weighted by molar-refractivity contribution is 8.00. The Labute approximate surface area is 221 Å². The summed E-state index contributed by atoms with van der Waals surface area (Å²) in [5.41, 5.74) is 19.7. The number of pyridine rings is 2. The van der Waals surface area contributed by atoms with Crippen LogP contribution in [0.15, 0.2) is 53.1 Å². The van der Waals surface area contributed by atoms with E-state index in [1.807, 2.05) is 18.2 Å². The van der Waals surface area contributed by atoms with Crippen molar-refractivity contribution in [3.05, 3.63) is 59.0 Å². The molecule has 0 spiro atoms. The van der Waals surface area contributed by atoms with E-state index in [0.717, 1.165) is 4.90 Å². The molecule has 0 aliphatic carbocycles. The number of nitrogens with two attached hydrogens (primary N) is 4. The predicted octanol–water partition coefficient (Wildman–Crippen LogP) is 2.10. The molecule has 14 heteroatoms. The zero-order valence-electron chi connectivity index (χ0n) is 19.4. The minimum Gasteiger partial charge on any atom is -0.396 e. The van der Waals surface area contributed by atoms with E-state index in [1.54, 1.807) is 37.1 Å². The maximum absolute atomic E-state index is 6.44. The van der Waals surface area contributed by atoms with Gasteiger partial charge in [-0.2, -0.15) is 0 Å². The number of halogens is 1. The number of hydrazine groups is 1. The minimum absolute atomic E-state index is 0.167. The largest absolute Gasteiger partial charge is 0.396 e. The average Bonchev–Trinajstić information content (AvgIpc) is 3.29. The first-order chi connectivity index (χ1) is 17.4. The number of thioether (sulfide) groups is 1. The smallest absolute Gasteiger partial charge is 0.180 e. The molecule has 1 aliphatic heterocycles. The molecule has 4 heterocycles. The highest BCUT2D eigenvalue weighted by Gasteiger charge is 2.38. The fourth-order valence-electron chi connectivity index (χ4n) is 3.56. The van der Waals surface area contributed by atoms with Crippen molar-refractivity contribution in [1.82, 2.24) is 20.0 Å². The first-order valence-corrected chi connectivity index (χ1v) is 13.0. The number of nitrogens with zero attached hydrogens (tertiary/aromatic N) is 4. The van der Waals surface area contributed by atoms with Gasteiger partial charge in [-0.05, 0) is 18.2 Å². The van der Waals surface area contributed by atoms with Crippen LogP contribution in [0.4, 0.5) is 5.13 Å². The van der Waals surface area contributed by atoms with Crippen LogP contribution in [0.3, 0.4) is 0 Å². The van der Waals surface area contributed by atoms with Gasteiger partial charge in [0.15, 0.2) is 5.13 Å². The van der Waals surface area contributed by atoms with Gasteiger partial charge in [0.25, 0.3) is 0 Å². The van der Waals surface area contributed by atoms with Gasteiger partial charge in [0, 0.05) is 36.0 Å². The average molecular weight is 551 g/mol. The molecule has 3 aromatic rings. The molecule has 192 valence electrons. The molecule has 0 saturated carbocycles. The zero-order valence-corrected chi connectivity index (χ0v) is 21.7. The number of rotatable bonds is 7. The predicted molar refractivity (Wildman–Crippen MR) is 141 cm³/mol. The molecule has 1 fully saturated rings. The van der Waals surface area contributed by atoms with Gasteiger partial charge in [-0.25, -0.2) is 10.8 Å². The third-order valence-electron chi connectivity index (χ3n) is 5.26. The van der Waals surface area contributed by atoms with Gasteiger partial charge in [0.1, 0.15) is 29.2 Å². The summed E-state index contributed by atoms with van der Waals surface area (Å²) in [6.45, 7) is 0.382. The molecule has 3 unspecified atom stereocenters. The third-order valence-corrected chi connectivity index (χ3v) is 7.32. The lowest BCUT2D eigenvalue weighted by atomic mass is 10.1. The lowest BCUT2D eigenvalue weighted by Crippen LogP contribution is -2.56. The van der Waals surface area contributed by atoms with Crippen molar-refractivity contribution in [1.29, 1.82) is 0 Å². The van der Waals surface area contributed by atoms with E-state index >= 15 is 0 Å². The molecule has 8 N–H and O–H groups in total. The van der Waals surface area contributed by atoms with E-state index in [4.69, 9.17) is 48.9 Å². The number of hydrogen-bond donors (Lipinski definition) is 4. The molecular formula is C22H27ClN8O3S2. The Morgan fingerprint density at radius 3 is 2.86 bits per heavy atom. The van der Waals surface area contributed by atoms with Crippen molar-refractivity contribution in [2.75, 3.05) is 26.1 Å². The van der Waals surface area contributed by atoms with Gasteiger partial charge in [0.2, 0.25) is 0 Å². The van der Waals surface area contributed by atoms with Crippen molar-refractivity contribution in [3.63, 3.8) is 0 Å². The molecule has 0 amide bonds. The molecule has 0 radical (unpaired) electrons. The molecule has 1 aliphatic rings. The van der Waals surface area contributed by atoms with Crippen LogP contribution in [0.2, 0.25) is 5.02 Å². The van der Waals surface area contributed by atoms with Gasteiger partial charge in [-0.15, -0.1) is 11.3 Å². The van der Waals surface area contributed by atoms with Crippen molar-refractivity contribution in [3.8, 4) is 11.4 Å². The highest BCUT2D eigenvalue weighted by atomic mass is 35.5. The molecule has 0 aromatic carbocycles. The Morgan fingerprint density at radius 2 is 2.17 bits per heavy atom. The number of nitrogen functional groups attached to an aromatic ring is 1. The van der Waals surface area contributed by atoms with Crippen LogP contribution in [0, 0.1) is 0 Å². The van der Waals surface area contributed by atoms with Gasteiger partial charge in [-0.3, -0.25) is 9.97 Å². The van der Waals surface area contributed by atoms with Gasteiger partial charge < -0.3 is 36.4 Å². The summed E-state index contributed by atoms with van der Waals surface area (Å²) < 4.78 is 17.8. The van der Waals surface area contributed by atoms with Crippen LogP contribution in [-0.2, 0) is 14.2 Å². The van der Waals surface area contributed by atoms with Crippen molar-refractivity contribution in [2.24, 2.45) is 17.3 Å². The van der Waals surface area contributed by atoms with Gasteiger partial charge in [-0.1, -0.05) is 29.4 Å². The summed E-state index contributed by atoms with van der Waals surface area (Å²) in [6, 6.07) is 6.92. The number of thiazole rings is 1. The Bertz CT molecular complexity index is 1190. The fourth-order valence-corrected chi connectivity index (χ4v) is 5.70. The van der Waals surface area contributed by atoms with E-state index < -0.39 is 23.8 Å². The summed E-state index contributed by atoms with van der Waals surface area (Å²) in [5, 5.41) is 4.07. The van der Waals surface area contributed by atoms with Crippen LogP contribution < -0.4 is 23.0 Å². The number of methoxy groups -OCH3 is 1. The second kappa shape index (κ2) is 12.2. The maximum atomic E-state index is 6.44. The monoisotopic (exact) mass is 550 g/mol. The van der Waals surface area contributed by atoms with Crippen molar-refractivity contribution >= 4 is 45.5 Å². The summed E-state index contributed by atoms with van der Waals surface area (Å²) in [5.74, 6) is 6.44. The topological polar surface area (TPSA) is 174 Å². The summed E-state index contributed by atoms with van der Waals surface area (Å²) >= 11 is 8.95. The number of anilines is 1. The zero-order chi connectivity index (χ0) is 25.7. The van der Waals surface area contributed by atoms with E-state index in [1.165, 1.54) is 28.1 Å². The van der Waals surface area contributed by atoms with Crippen LogP contribution in [-0.4, -0.2) is 64.1 Å². The molecule has 4 atom stereocenters. The molecular weight excluding hydrogens is 524 g/mol. The Hall–Kier alpha value is -2.49. The van der Waals surface area contributed by atoms with Crippen LogP contribution >= 0.6 is 34.7 Å². The first kappa shape index (κ1) is 26.6. The van der Waals surface area contributed by atoms with Crippen LogP contribution in [0.5, 0.6) is 0 Å². The quantitative estimate of drug-likeness (QED) is 0.249. The molecule has 11 nitrogen and oxygen atoms in total. The van der Waals surface area contributed by atoms with Crippen molar-refractivity contribution in [2.45, 2.75) is 28.7 Å². The fraction of sp³-hybridized carbons (Fsp3) is 0.318. The van der Waals surface area contributed by atoms with E-state index in [0.29, 0.717) is 32.9 Å². The van der Waals surface area contributed by atoms with E-state index in [-0.39, 0.29) is 13.2 Å². The molecule has 0 bridgehead atoms. The normalized spacial score (nSPS) is 23.2. The standard InChI is InChI=1S/C22H27ClN8O3S2/c1-32-20-16(31(27)8-13(24)15-11-35-22(26)30-15)9-33-10-18(25)34-21(20)36-17-6-12(23)7-29-19(17)14-4-2-3-5-28-14/h2-8,11,16,18,20-21H,9-10,24-25,27H2,1H3,(H2,26,30)/b13-8-/t16-,18?,20?,21?/m1/s1. The summed E-state index contributed by atoms with van der Waals surface area (Å²) in [6.07, 6.45) is 3.57. The SMILES string of the molecule is COC1C(Sc2cc(Cl)cnc2-c2ccccn2)OC(N)COC[C@H]1N(N)/C=C(\N)c1csc(N)n1. The maximum Gasteiger partial charge on any atom is 0.180 e. The van der Waals surface area contributed by atoms with E-state index in [2.05, 4.69) is 15.0 Å². The summed E-state index contributed by atoms with van der Waals surface area (Å²) in [4.78, 5) is 13.9. The second-order valence-electron chi connectivity index (χ2n) is 7.78. The Kier molecular flexibility index (Phi) is 8.98. The highest BCUT2D eigenvalue weighted by Crippen LogP contribution is 2.37. The van der Waals surface area contributed by atoms with Gasteiger partial charge >= 0.3 is 0 Å². The molecule has 36 heavy (non-hydrogen) atoms. The lowest BCUT2D eigenvalue weighted by Gasteiger charge is -2.39. The third kappa shape index (κ3) is 6.44.